The molecule has 1 atom stereocenters. The van der Waals surface area contributed by atoms with Crippen molar-refractivity contribution in [1.29, 1.82) is 0 Å². The lowest BCUT2D eigenvalue weighted by atomic mass is 10.0. The van der Waals surface area contributed by atoms with Crippen molar-refractivity contribution in [3.8, 4) is 0 Å². The van der Waals surface area contributed by atoms with Gasteiger partial charge >= 0.3 is 0 Å². The molecule has 0 spiro atoms. The van der Waals surface area contributed by atoms with Gasteiger partial charge in [-0.2, -0.15) is 5.10 Å². The fraction of sp³-hybridized carbons (Fsp3) is 0.385. The molecular weight excluding hydrogens is 246 g/mol. The first-order valence-electron chi connectivity index (χ1n) is 6.26. The molecule has 0 radical (unpaired) electrons. The van der Waals surface area contributed by atoms with Crippen molar-refractivity contribution in [3.05, 3.63) is 41.6 Å². The monoisotopic (exact) mass is 261 g/mol. The van der Waals surface area contributed by atoms with Crippen molar-refractivity contribution in [2.24, 2.45) is 0 Å². The summed E-state index contributed by atoms with van der Waals surface area (Å²) in [6.45, 7) is 1.75. The summed E-state index contributed by atoms with van der Waals surface area (Å²) >= 11 is 0. The number of amides is 1. The molecule has 1 fully saturated rings. The minimum atomic E-state index is -0.146. The summed E-state index contributed by atoms with van der Waals surface area (Å²) in [6, 6.07) is 3.61. The molecule has 0 aromatic carbocycles. The van der Waals surface area contributed by atoms with Crippen LogP contribution < -0.4 is 5.32 Å². The Morgan fingerprint density at radius 1 is 1.58 bits per heavy atom. The zero-order valence-electron chi connectivity index (χ0n) is 10.4. The molecule has 3 heterocycles. The summed E-state index contributed by atoms with van der Waals surface area (Å²) in [6.07, 6.45) is 4.06. The molecule has 6 nitrogen and oxygen atoms in total. The third-order valence-electron chi connectivity index (χ3n) is 3.25. The molecule has 1 amide bonds. The molecule has 3 rings (SSSR count). The molecule has 6 heteroatoms. The molecule has 0 unspecified atom stereocenters. The van der Waals surface area contributed by atoms with Gasteiger partial charge in [0.05, 0.1) is 36.9 Å². The highest BCUT2D eigenvalue weighted by Crippen LogP contribution is 2.25. The summed E-state index contributed by atoms with van der Waals surface area (Å²) in [7, 11) is 0. The molecule has 1 aliphatic heterocycles. The topological polar surface area (TPSA) is 80.2 Å². The van der Waals surface area contributed by atoms with Crippen molar-refractivity contribution in [1.82, 2.24) is 15.5 Å². The Balaban J connectivity index is 1.67. The van der Waals surface area contributed by atoms with Crippen molar-refractivity contribution < 1.29 is 13.9 Å². The van der Waals surface area contributed by atoms with Crippen LogP contribution in [0, 0.1) is 0 Å². The van der Waals surface area contributed by atoms with Gasteiger partial charge < -0.3 is 14.5 Å². The summed E-state index contributed by atoms with van der Waals surface area (Å²) in [5, 5.41) is 9.69. The van der Waals surface area contributed by atoms with E-state index in [1.165, 1.54) is 0 Å². The predicted molar refractivity (Wildman–Crippen MR) is 66.6 cm³/mol. The SMILES string of the molecule is O=C(NCc1ccco1)c1cn[nH]c1[C@@H]1CCOC1. The molecule has 0 saturated carbocycles. The predicted octanol–water partition coefficient (Wildman–Crippen LogP) is 1.44. The Labute approximate surface area is 110 Å². The molecule has 19 heavy (non-hydrogen) atoms. The third kappa shape index (κ3) is 2.53. The normalized spacial score (nSPS) is 18.6. The van der Waals surface area contributed by atoms with Gasteiger partial charge in [0, 0.05) is 12.5 Å². The molecule has 0 bridgehead atoms. The minimum Gasteiger partial charge on any atom is -0.467 e. The van der Waals surface area contributed by atoms with E-state index in [1.807, 2.05) is 6.07 Å². The number of nitrogens with one attached hydrogen (secondary N) is 2. The molecule has 2 aromatic rings. The van der Waals surface area contributed by atoms with Crippen LogP contribution in [-0.4, -0.2) is 29.3 Å². The van der Waals surface area contributed by atoms with Gasteiger partial charge in [0.1, 0.15) is 5.76 Å². The van der Waals surface area contributed by atoms with Crippen LogP contribution >= 0.6 is 0 Å². The molecule has 0 aliphatic carbocycles. The van der Waals surface area contributed by atoms with Gasteiger partial charge in [0.15, 0.2) is 0 Å². The van der Waals surface area contributed by atoms with Crippen molar-refractivity contribution >= 4 is 5.91 Å². The first-order valence-corrected chi connectivity index (χ1v) is 6.26. The molecular formula is C13H15N3O3. The maximum absolute atomic E-state index is 12.1. The number of furan rings is 1. The molecule has 1 saturated heterocycles. The van der Waals surface area contributed by atoms with Gasteiger partial charge in [0.2, 0.25) is 0 Å². The number of aromatic amines is 1. The fourth-order valence-electron chi connectivity index (χ4n) is 2.23. The van der Waals surface area contributed by atoms with E-state index in [0.717, 1.165) is 24.5 Å². The highest BCUT2D eigenvalue weighted by Gasteiger charge is 2.25. The van der Waals surface area contributed by atoms with E-state index in [1.54, 1.807) is 18.5 Å². The molecule has 2 N–H and O–H groups in total. The first-order chi connectivity index (χ1) is 9.34. The zero-order valence-corrected chi connectivity index (χ0v) is 10.4. The van der Waals surface area contributed by atoms with Gasteiger partial charge in [-0.05, 0) is 18.6 Å². The lowest BCUT2D eigenvalue weighted by Crippen LogP contribution is -2.23. The number of hydrogen-bond acceptors (Lipinski definition) is 4. The van der Waals surface area contributed by atoms with E-state index in [9.17, 15) is 4.79 Å². The Bertz CT molecular complexity index is 541. The Morgan fingerprint density at radius 3 is 3.26 bits per heavy atom. The van der Waals surface area contributed by atoms with E-state index in [2.05, 4.69) is 15.5 Å². The summed E-state index contributed by atoms with van der Waals surface area (Å²) in [5.74, 6) is 0.807. The minimum absolute atomic E-state index is 0.146. The van der Waals surface area contributed by atoms with Gasteiger partial charge in [-0.15, -0.1) is 0 Å². The Hall–Kier alpha value is -2.08. The van der Waals surface area contributed by atoms with Crippen molar-refractivity contribution in [2.45, 2.75) is 18.9 Å². The maximum Gasteiger partial charge on any atom is 0.255 e. The van der Waals surface area contributed by atoms with E-state index in [0.29, 0.717) is 18.7 Å². The number of nitrogens with zero attached hydrogens (tertiary/aromatic N) is 1. The first kappa shape index (κ1) is 12.0. The van der Waals surface area contributed by atoms with Gasteiger partial charge in [-0.1, -0.05) is 0 Å². The summed E-state index contributed by atoms with van der Waals surface area (Å²) in [4.78, 5) is 12.1. The number of carbonyl (C=O) groups excluding carboxylic acids is 1. The number of ether oxygens (including phenoxy) is 1. The summed E-state index contributed by atoms with van der Waals surface area (Å²) < 4.78 is 10.5. The van der Waals surface area contributed by atoms with Gasteiger partial charge in [0.25, 0.3) is 5.91 Å². The largest absolute Gasteiger partial charge is 0.467 e. The smallest absolute Gasteiger partial charge is 0.255 e. The second-order valence-electron chi connectivity index (χ2n) is 4.52. The lowest BCUT2D eigenvalue weighted by molar-refractivity contribution is 0.0946. The quantitative estimate of drug-likeness (QED) is 0.872. The Kier molecular flexibility index (Phi) is 3.33. The van der Waals surface area contributed by atoms with Crippen LogP contribution in [0.2, 0.25) is 0 Å². The van der Waals surface area contributed by atoms with Crippen LogP contribution in [-0.2, 0) is 11.3 Å². The van der Waals surface area contributed by atoms with E-state index in [-0.39, 0.29) is 11.8 Å². The maximum atomic E-state index is 12.1. The van der Waals surface area contributed by atoms with Crippen molar-refractivity contribution in [2.75, 3.05) is 13.2 Å². The van der Waals surface area contributed by atoms with Crippen LogP contribution in [0.25, 0.3) is 0 Å². The second-order valence-corrected chi connectivity index (χ2v) is 4.52. The van der Waals surface area contributed by atoms with E-state index < -0.39 is 0 Å². The summed E-state index contributed by atoms with van der Waals surface area (Å²) in [5.41, 5.74) is 1.44. The van der Waals surface area contributed by atoms with Crippen LogP contribution in [0.15, 0.2) is 29.0 Å². The van der Waals surface area contributed by atoms with Crippen molar-refractivity contribution in [3.63, 3.8) is 0 Å². The third-order valence-corrected chi connectivity index (χ3v) is 3.25. The zero-order chi connectivity index (χ0) is 13.1. The number of H-pyrrole nitrogens is 1. The van der Waals surface area contributed by atoms with Crippen LogP contribution in [0.3, 0.4) is 0 Å². The lowest BCUT2D eigenvalue weighted by Gasteiger charge is -2.08. The van der Waals surface area contributed by atoms with Gasteiger partial charge in [-0.25, -0.2) is 0 Å². The standard InChI is InChI=1S/C13H15N3O3/c17-13(14-6-10-2-1-4-19-10)11-7-15-16-12(11)9-3-5-18-8-9/h1-2,4,7,9H,3,5-6,8H2,(H,14,17)(H,15,16)/t9-/m1/s1. The fourth-order valence-corrected chi connectivity index (χ4v) is 2.23. The van der Waals surface area contributed by atoms with Crippen LogP contribution in [0.1, 0.15) is 34.2 Å². The molecule has 2 aromatic heterocycles. The second kappa shape index (κ2) is 5.27. The van der Waals surface area contributed by atoms with E-state index >= 15 is 0 Å². The molecule has 100 valence electrons. The number of aromatic nitrogens is 2. The average Bonchev–Trinajstić information content (AvgIpc) is 3.14. The molecule has 1 aliphatic rings. The van der Waals surface area contributed by atoms with E-state index in [4.69, 9.17) is 9.15 Å². The number of rotatable bonds is 4. The van der Waals surface area contributed by atoms with Crippen LogP contribution in [0.5, 0.6) is 0 Å². The van der Waals surface area contributed by atoms with Crippen LogP contribution in [0.4, 0.5) is 0 Å². The number of carbonyl (C=O) groups is 1. The number of hydrogen-bond donors (Lipinski definition) is 2. The van der Waals surface area contributed by atoms with Gasteiger partial charge in [-0.3, -0.25) is 9.89 Å². The highest BCUT2D eigenvalue weighted by atomic mass is 16.5. The highest BCUT2D eigenvalue weighted by molar-refractivity contribution is 5.95. The average molecular weight is 261 g/mol. The Morgan fingerprint density at radius 2 is 2.53 bits per heavy atom.